The summed E-state index contributed by atoms with van der Waals surface area (Å²) in [6.45, 7) is 3.26. The number of aliphatic carboxylic acids is 1. The summed E-state index contributed by atoms with van der Waals surface area (Å²) < 4.78 is 5.30. The summed E-state index contributed by atoms with van der Waals surface area (Å²) in [4.78, 5) is 22.8. The third-order valence-corrected chi connectivity index (χ3v) is 3.82. The zero-order chi connectivity index (χ0) is 14.3. The van der Waals surface area contributed by atoms with Crippen molar-refractivity contribution >= 4 is 23.8 Å². The smallest absolute Gasteiger partial charge is 0.326 e. The summed E-state index contributed by atoms with van der Waals surface area (Å²) in [5.41, 5.74) is 0. The van der Waals surface area contributed by atoms with E-state index in [9.17, 15) is 9.59 Å². The van der Waals surface area contributed by atoms with Crippen LogP contribution in [0.15, 0.2) is 0 Å². The van der Waals surface area contributed by atoms with E-state index in [-0.39, 0.29) is 12.0 Å². The predicted octanol–water partition coefficient (Wildman–Crippen LogP) is 0.917. The van der Waals surface area contributed by atoms with E-state index in [1.165, 1.54) is 0 Å². The molecule has 1 saturated heterocycles. The maximum absolute atomic E-state index is 11.8. The van der Waals surface area contributed by atoms with Crippen LogP contribution in [0.3, 0.4) is 0 Å². The van der Waals surface area contributed by atoms with Crippen LogP contribution in [0.25, 0.3) is 0 Å². The number of carboxylic acids is 1. The number of carbonyl (C=O) groups excluding carboxylic acids is 1. The molecule has 19 heavy (non-hydrogen) atoms. The molecule has 0 aromatic rings. The molecule has 0 aromatic heterocycles. The first kappa shape index (κ1) is 16.1. The molecule has 1 fully saturated rings. The van der Waals surface area contributed by atoms with Crippen LogP contribution in [0, 0.1) is 5.92 Å². The Morgan fingerprint density at radius 1 is 1.53 bits per heavy atom. The summed E-state index contributed by atoms with van der Waals surface area (Å²) >= 11 is 1.56. The Bertz CT molecular complexity index is 314. The van der Waals surface area contributed by atoms with Crippen LogP contribution in [-0.2, 0) is 9.53 Å². The molecule has 0 bridgehead atoms. The lowest BCUT2D eigenvalue weighted by Gasteiger charge is -2.30. The van der Waals surface area contributed by atoms with Crippen molar-refractivity contribution in [3.05, 3.63) is 0 Å². The third-order valence-electron chi connectivity index (χ3n) is 3.17. The summed E-state index contributed by atoms with van der Waals surface area (Å²) in [5.74, 6) is -0.0523. The number of nitrogens with one attached hydrogen (secondary N) is 2. The van der Waals surface area contributed by atoms with Crippen molar-refractivity contribution in [3.63, 3.8) is 0 Å². The van der Waals surface area contributed by atoms with Gasteiger partial charge >= 0.3 is 12.0 Å². The van der Waals surface area contributed by atoms with Gasteiger partial charge in [-0.2, -0.15) is 11.8 Å². The number of ether oxygens (including phenoxy) is 1. The SMILES string of the molecule is CSCC[C@H](NC(=O)NC1CCOCC1C)C(=O)O. The van der Waals surface area contributed by atoms with Crippen LogP contribution in [0.5, 0.6) is 0 Å². The van der Waals surface area contributed by atoms with Crippen molar-refractivity contribution in [1.29, 1.82) is 0 Å². The van der Waals surface area contributed by atoms with Crippen LogP contribution >= 0.6 is 11.8 Å². The Balaban J connectivity index is 2.40. The zero-order valence-electron chi connectivity index (χ0n) is 11.3. The summed E-state index contributed by atoms with van der Waals surface area (Å²) in [5, 5.41) is 14.4. The monoisotopic (exact) mass is 290 g/mol. The molecule has 2 amide bonds. The van der Waals surface area contributed by atoms with Crippen LogP contribution in [-0.4, -0.2) is 54.4 Å². The lowest BCUT2D eigenvalue weighted by atomic mass is 9.98. The second-order valence-electron chi connectivity index (χ2n) is 4.74. The molecule has 1 heterocycles. The van der Waals surface area contributed by atoms with Crippen molar-refractivity contribution in [1.82, 2.24) is 10.6 Å². The Hall–Kier alpha value is -0.950. The standard InChI is InChI=1S/C12H22N2O4S/c1-8-7-18-5-3-9(8)13-12(17)14-10(11(15)16)4-6-19-2/h8-10H,3-7H2,1-2H3,(H,15,16)(H2,13,14,17)/t8?,9?,10-/m0/s1. The number of hydrogen-bond donors (Lipinski definition) is 3. The second-order valence-corrected chi connectivity index (χ2v) is 5.72. The van der Waals surface area contributed by atoms with Crippen LogP contribution in [0.4, 0.5) is 4.79 Å². The highest BCUT2D eigenvalue weighted by atomic mass is 32.2. The molecule has 1 aliphatic heterocycles. The van der Waals surface area contributed by atoms with Crippen molar-refractivity contribution in [2.24, 2.45) is 5.92 Å². The van der Waals surface area contributed by atoms with E-state index in [1.807, 2.05) is 13.2 Å². The highest BCUT2D eigenvalue weighted by Crippen LogP contribution is 2.13. The van der Waals surface area contributed by atoms with Gasteiger partial charge in [-0.3, -0.25) is 0 Å². The Kier molecular flexibility index (Phi) is 7.01. The largest absolute Gasteiger partial charge is 0.480 e. The highest BCUT2D eigenvalue weighted by molar-refractivity contribution is 7.98. The number of amides is 2. The lowest BCUT2D eigenvalue weighted by molar-refractivity contribution is -0.139. The molecule has 1 rings (SSSR count). The van der Waals surface area contributed by atoms with Crippen molar-refractivity contribution in [2.75, 3.05) is 25.2 Å². The Morgan fingerprint density at radius 3 is 2.84 bits per heavy atom. The maximum atomic E-state index is 11.8. The number of rotatable bonds is 6. The van der Waals surface area contributed by atoms with Crippen LogP contribution in [0.2, 0.25) is 0 Å². The fourth-order valence-corrected chi connectivity index (χ4v) is 2.43. The number of carboxylic acid groups (broad SMARTS) is 1. The van der Waals surface area contributed by atoms with Gasteiger partial charge in [0.05, 0.1) is 6.61 Å². The predicted molar refractivity (Wildman–Crippen MR) is 74.5 cm³/mol. The molecule has 0 spiro atoms. The van der Waals surface area contributed by atoms with Gasteiger partial charge in [0.25, 0.3) is 0 Å². The van der Waals surface area contributed by atoms with E-state index in [4.69, 9.17) is 9.84 Å². The van der Waals surface area contributed by atoms with E-state index in [1.54, 1.807) is 11.8 Å². The molecule has 7 heteroatoms. The summed E-state index contributed by atoms with van der Waals surface area (Å²) in [6, 6.07) is -1.20. The van der Waals surface area contributed by atoms with E-state index >= 15 is 0 Å². The molecule has 6 nitrogen and oxygen atoms in total. The van der Waals surface area contributed by atoms with E-state index < -0.39 is 18.0 Å². The number of urea groups is 1. The Labute approximate surface area is 117 Å². The van der Waals surface area contributed by atoms with Gasteiger partial charge in [-0.1, -0.05) is 6.92 Å². The van der Waals surface area contributed by atoms with Crippen molar-refractivity contribution in [2.45, 2.75) is 31.8 Å². The van der Waals surface area contributed by atoms with E-state index in [0.717, 1.165) is 6.42 Å². The molecule has 0 radical (unpaired) electrons. The van der Waals surface area contributed by atoms with Crippen molar-refractivity contribution < 1.29 is 19.4 Å². The quantitative estimate of drug-likeness (QED) is 0.677. The van der Waals surface area contributed by atoms with Gasteiger partial charge in [0.15, 0.2) is 0 Å². The average Bonchev–Trinajstić information content (AvgIpc) is 2.37. The average molecular weight is 290 g/mol. The number of thioether (sulfide) groups is 1. The minimum Gasteiger partial charge on any atom is -0.480 e. The van der Waals surface area contributed by atoms with Crippen LogP contribution < -0.4 is 10.6 Å². The molecule has 0 saturated carbocycles. The second kappa shape index (κ2) is 8.27. The normalized spacial score (nSPS) is 24.5. The molecule has 3 N–H and O–H groups in total. The molecule has 1 aliphatic rings. The summed E-state index contributed by atoms with van der Waals surface area (Å²) in [6.07, 6.45) is 3.09. The fourth-order valence-electron chi connectivity index (χ4n) is 1.96. The van der Waals surface area contributed by atoms with Gasteiger partial charge in [-0.05, 0) is 30.8 Å². The van der Waals surface area contributed by atoms with Gasteiger partial charge in [-0.15, -0.1) is 0 Å². The van der Waals surface area contributed by atoms with Crippen molar-refractivity contribution in [3.8, 4) is 0 Å². The van der Waals surface area contributed by atoms with E-state index in [2.05, 4.69) is 10.6 Å². The first-order chi connectivity index (χ1) is 9.04. The van der Waals surface area contributed by atoms with Gasteiger partial charge in [-0.25, -0.2) is 9.59 Å². The molecule has 3 atom stereocenters. The zero-order valence-corrected chi connectivity index (χ0v) is 12.2. The number of carbonyl (C=O) groups is 2. The van der Waals surface area contributed by atoms with Gasteiger partial charge in [0.1, 0.15) is 6.04 Å². The third kappa shape index (κ3) is 5.69. The fraction of sp³-hybridized carbons (Fsp3) is 0.833. The number of hydrogen-bond acceptors (Lipinski definition) is 4. The summed E-state index contributed by atoms with van der Waals surface area (Å²) in [7, 11) is 0. The maximum Gasteiger partial charge on any atom is 0.326 e. The molecule has 2 unspecified atom stereocenters. The Morgan fingerprint density at radius 2 is 2.26 bits per heavy atom. The minimum atomic E-state index is -0.996. The minimum absolute atomic E-state index is 0.0451. The van der Waals surface area contributed by atoms with Gasteiger partial charge in [0, 0.05) is 12.6 Å². The molecule has 110 valence electrons. The molecular weight excluding hydrogens is 268 g/mol. The highest BCUT2D eigenvalue weighted by Gasteiger charge is 2.25. The molecule has 0 aliphatic carbocycles. The topological polar surface area (TPSA) is 87.7 Å². The lowest BCUT2D eigenvalue weighted by Crippen LogP contribution is -2.52. The van der Waals surface area contributed by atoms with E-state index in [0.29, 0.717) is 25.4 Å². The first-order valence-corrected chi connectivity index (χ1v) is 7.80. The van der Waals surface area contributed by atoms with Gasteiger partial charge in [0.2, 0.25) is 0 Å². The molecule has 0 aromatic carbocycles. The molecular formula is C12H22N2O4S. The first-order valence-electron chi connectivity index (χ1n) is 6.41. The van der Waals surface area contributed by atoms with Gasteiger partial charge < -0.3 is 20.5 Å². The van der Waals surface area contributed by atoms with Crippen LogP contribution in [0.1, 0.15) is 19.8 Å².